The van der Waals surface area contributed by atoms with Crippen molar-refractivity contribution in [3.8, 4) is 0 Å². The lowest BCUT2D eigenvalue weighted by Crippen LogP contribution is -2.34. The van der Waals surface area contributed by atoms with Gasteiger partial charge in [-0.3, -0.25) is 4.99 Å². The molecule has 0 saturated heterocycles. The minimum atomic E-state index is 0.770. The molecular weight excluding hydrogens is 244 g/mol. The van der Waals surface area contributed by atoms with Crippen molar-refractivity contribution in [1.82, 2.24) is 4.98 Å². The molecule has 0 saturated carbocycles. The Bertz CT molecular complexity index is 764. The Morgan fingerprint density at radius 1 is 1.10 bits per heavy atom. The maximum absolute atomic E-state index is 4.56. The van der Waals surface area contributed by atoms with Gasteiger partial charge < -0.3 is 4.98 Å². The number of hydrogen-bond acceptors (Lipinski definition) is 1. The number of H-pyrrole nitrogens is 1. The molecule has 0 bridgehead atoms. The van der Waals surface area contributed by atoms with Gasteiger partial charge in [0.15, 0.2) is 5.49 Å². The van der Waals surface area contributed by atoms with E-state index in [-0.39, 0.29) is 0 Å². The molecule has 0 aliphatic heterocycles. The van der Waals surface area contributed by atoms with Crippen LogP contribution < -0.4 is 16.1 Å². The molecule has 1 aromatic heterocycles. The van der Waals surface area contributed by atoms with Crippen LogP contribution in [0.2, 0.25) is 0 Å². The van der Waals surface area contributed by atoms with Gasteiger partial charge in [-0.15, -0.1) is 0 Å². The number of benzene rings is 1. The lowest BCUT2D eigenvalue weighted by Gasteiger charge is -1.99. The first kappa shape index (κ1) is 12.7. The minimum absolute atomic E-state index is 0.770. The Hall–Kier alpha value is -2.27. The van der Waals surface area contributed by atoms with Crippen molar-refractivity contribution in [2.75, 3.05) is 6.54 Å². The number of nitrogens with one attached hydrogen (secondary N) is 1. The molecule has 0 atom stereocenters. The Morgan fingerprint density at radius 3 is 2.75 bits per heavy atom. The lowest BCUT2D eigenvalue weighted by molar-refractivity contribution is 0.902. The lowest BCUT2D eigenvalue weighted by atomic mass is 10.1. The van der Waals surface area contributed by atoms with Crippen LogP contribution in [0.3, 0.4) is 0 Å². The van der Waals surface area contributed by atoms with Gasteiger partial charge >= 0.3 is 0 Å². The van der Waals surface area contributed by atoms with Crippen LogP contribution in [-0.4, -0.2) is 11.5 Å². The van der Waals surface area contributed by atoms with E-state index < -0.39 is 0 Å². The van der Waals surface area contributed by atoms with E-state index in [0.29, 0.717) is 0 Å². The predicted molar refractivity (Wildman–Crippen MR) is 81.2 cm³/mol. The molecule has 2 heteroatoms. The molecule has 0 spiro atoms. The van der Waals surface area contributed by atoms with Crippen LogP contribution in [0, 0.1) is 19.1 Å². The van der Waals surface area contributed by atoms with Gasteiger partial charge in [-0.1, -0.05) is 48.0 Å². The summed E-state index contributed by atoms with van der Waals surface area (Å²) in [6.07, 6.45) is 7.53. The van der Waals surface area contributed by atoms with E-state index in [2.05, 4.69) is 65.5 Å². The molecule has 1 N–H and O–H groups in total. The summed E-state index contributed by atoms with van der Waals surface area (Å²) in [6.45, 7) is 2.88. The monoisotopic (exact) mass is 262 g/mol. The predicted octanol–water partition coefficient (Wildman–Crippen LogP) is 1.42. The summed E-state index contributed by atoms with van der Waals surface area (Å²) >= 11 is 0. The highest BCUT2D eigenvalue weighted by Crippen LogP contribution is 2.03. The van der Waals surface area contributed by atoms with Crippen molar-refractivity contribution in [2.24, 2.45) is 4.99 Å². The van der Waals surface area contributed by atoms with Crippen LogP contribution in [0.4, 0.5) is 0 Å². The molecule has 0 radical (unpaired) electrons. The van der Waals surface area contributed by atoms with E-state index in [0.717, 1.165) is 41.9 Å². The van der Waals surface area contributed by atoms with Crippen molar-refractivity contribution < 1.29 is 0 Å². The molecule has 2 nitrogen and oxygen atoms in total. The normalized spacial score (nSPS) is 13.9. The molecule has 20 heavy (non-hydrogen) atoms. The maximum Gasteiger partial charge on any atom is 0.178 e. The van der Waals surface area contributed by atoms with Crippen molar-refractivity contribution in [2.45, 2.75) is 26.2 Å². The van der Waals surface area contributed by atoms with Crippen LogP contribution in [0.15, 0.2) is 29.3 Å². The Labute approximate surface area is 119 Å². The highest BCUT2D eigenvalue weighted by Gasteiger charge is 1.93. The van der Waals surface area contributed by atoms with Gasteiger partial charge in [-0.25, -0.2) is 0 Å². The van der Waals surface area contributed by atoms with Gasteiger partial charge in [0.05, 0.1) is 5.35 Å². The Kier molecular flexibility index (Phi) is 3.69. The van der Waals surface area contributed by atoms with Gasteiger partial charge in [0, 0.05) is 11.8 Å². The molecule has 2 aromatic rings. The second-order valence-corrected chi connectivity index (χ2v) is 5.15. The molecule has 1 heterocycles. The van der Waals surface area contributed by atoms with Gasteiger partial charge in [-0.05, 0) is 37.8 Å². The van der Waals surface area contributed by atoms with Gasteiger partial charge in [-0.2, -0.15) is 0 Å². The summed E-state index contributed by atoms with van der Waals surface area (Å²) < 4.78 is 0. The summed E-state index contributed by atoms with van der Waals surface area (Å²) in [4.78, 5) is 7.88. The second kappa shape index (κ2) is 5.79. The summed E-state index contributed by atoms with van der Waals surface area (Å²) in [6, 6.07) is 14.9. The van der Waals surface area contributed by atoms with Gasteiger partial charge in [0.25, 0.3) is 0 Å². The SMILES string of the molecule is Cc1ccc(CCN=c2c#cc3c([nH]2)=CCCC=3)cc1. The fraction of sp³-hybridized carbons (Fsp3) is 0.278. The fourth-order valence-corrected chi connectivity index (χ4v) is 2.33. The first-order valence-corrected chi connectivity index (χ1v) is 7.11. The zero-order valence-corrected chi connectivity index (χ0v) is 11.7. The average Bonchev–Trinajstić information content (AvgIpc) is 2.49. The number of fused-ring (bicyclic) bond motifs is 1. The molecule has 1 aromatic carbocycles. The first-order valence-electron chi connectivity index (χ1n) is 7.11. The van der Waals surface area contributed by atoms with E-state index in [1.807, 2.05) is 0 Å². The maximum atomic E-state index is 4.56. The zero-order chi connectivity index (χ0) is 13.8. The van der Waals surface area contributed by atoms with Crippen molar-refractivity contribution in [1.29, 1.82) is 0 Å². The largest absolute Gasteiger partial charge is 0.333 e. The van der Waals surface area contributed by atoms with E-state index in [1.54, 1.807) is 0 Å². The number of rotatable bonds is 3. The fourth-order valence-electron chi connectivity index (χ4n) is 2.33. The summed E-state index contributed by atoms with van der Waals surface area (Å²) in [5.41, 5.74) is 3.41. The first-order chi connectivity index (χ1) is 9.81. The third-order valence-corrected chi connectivity index (χ3v) is 3.51. The molecular formula is C18H18N2. The quantitative estimate of drug-likeness (QED) is 0.866. The van der Waals surface area contributed by atoms with Crippen LogP contribution in [0.25, 0.3) is 12.2 Å². The van der Waals surface area contributed by atoms with E-state index >= 15 is 0 Å². The number of aromatic amines is 1. The second-order valence-electron chi connectivity index (χ2n) is 5.15. The molecule has 1 aliphatic rings. The molecule has 100 valence electrons. The number of hydrogen-bond donors (Lipinski definition) is 1. The third-order valence-electron chi connectivity index (χ3n) is 3.51. The number of nitrogens with zero attached hydrogens (tertiary/aromatic N) is 1. The van der Waals surface area contributed by atoms with Crippen molar-refractivity contribution in [3.05, 3.63) is 63.6 Å². The minimum Gasteiger partial charge on any atom is -0.333 e. The van der Waals surface area contributed by atoms with Gasteiger partial charge in [0.2, 0.25) is 0 Å². The third kappa shape index (κ3) is 3.00. The van der Waals surface area contributed by atoms with Crippen molar-refractivity contribution >= 4 is 12.2 Å². The van der Waals surface area contributed by atoms with Crippen LogP contribution in [0.1, 0.15) is 24.0 Å². The van der Waals surface area contributed by atoms with E-state index in [1.165, 1.54) is 11.1 Å². The van der Waals surface area contributed by atoms with E-state index in [4.69, 9.17) is 0 Å². The number of aromatic nitrogens is 1. The van der Waals surface area contributed by atoms with Crippen LogP contribution in [-0.2, 0) is 6.42 Å². The van der Waals surface area contributed by atoms with Crippen LogP contribution >= 0.6 is 0 Å². The molecule has 3 rings (SSSR count). The molecule has 1 aliphatic carbocycles. The smallest absolute Gasteiger partial charge is 0.178 e. The van der Waals surface area contributed by atoms with Gasteiger partial charge in [0.1, 0.15) is 0 Å². The van der Waals surface area contributed by atoms with E-state index in [9.17, 15) is 0 Å². The Morgan fingerprint density at radius 2 is 1.90 bits per heavy atom. The highest BCUT2D eigenvalue weighted by atomic mass is 14.8. The standard InChI is InChI=1S/C18H18N2/c1-14-6-8-15(9-7-14)12-13-19-18-11-10-16-4-2-3-5-17(16)20-18/h4-9H,2-3,12-13H2,1H3,(H,19,20). The highest BCUT2D eigenvalue weighted by molar-refractivity contribution is 5.33. The van der Waals surface area contributed by atoms with Crippen molar-refractivity contribution in [3.63, 3.8) is 0 Å². The average molecular weight is 262 g/mol. The zero-order valence-electron chi connectivity index (χ0n) is 11.7. The molecule has 0 amide bonds. The van der Waals surface area contributed by atoms with Crippen LogP contribution in [0.5, 0.6) is 0 Å². The summed E-state index contributed by atoms with van der Waals surface area (Å²) in [7, 11) is 0. The molecule has 0 fully saturated rings. The summed E-state index contributed by atoms with van der Waals surface area (Å²) in [5.74, 6) is 0. The number of aryl methyl sites for hydroxylation is 1. The topological polar surface area (TPSA) is 28.1 Å². The summed E-state index contributed by atoms with van der Waals surface area (Å²) in [5, 5.41) is 2.25. The molecule has 0 unspecified atom stereocenters. The Balaban J connectivity index is 1.75.